The molecule has 0 bridgehead atoms. The summed E-state index contributed by atoms with van der Waals surface area (Å²) >= 11 is 0. The number of hydrogen-bond donors (Lipinski definition) is 4. The van der Waals surface area contributed by atoms with E-state index in [1.54, 1.807) is 12.1 Å². The van der Waals surface area contributed by atoms with E-state index in [1.165, 1.54) is 0 Å². The van der Waals surface area contributed by atoms with Gasteiger partial charge in [-0.1, -0.05) is 0 Å². The van der Waals surface area contributed by atoms with Crippen molar-refractivity contribution in [1.29, 1.82) is 0 Å². The smallest absolute Gasteiger partial charge is 0.192 e. The SMILES string of the molecule is CC1(c2ccc(OC[C@H]3O[C@H](O)[C@H](O)[C@@H](O)[C@H]3O)cc2)OCCO1. The fourth-order valence-corrected chi connectivity index (χ4v) is 2.78. The van der Waals surface area contributed by atoms with Crippen molar-refractivity contribution in [3.05, 3.63) is 29.8 Å². The lowest BCUT2D eigenvalue weighted by molar-refractivity contribution is -0.285. The lowest BCUT2D eigenvalue weighted by atomic mass is 9.99. The van der Waals surface area contributed by atoms with Crippen LogP contribution in [-0.2, 0) is 20.0 Å². The van der Waals surface area contributed by atoms with Crippen LogP contribution in [0.5, 0.6) is 5.75 Å². The number of hydrogen-bond acceptors (Lipinski definition) is 8. The maximum atomic E-state index is 9.87. The third kappa shape index (κ3) is 3.40. The molecule has 2 fully saturated rings. The lowest BCUT2D eigenvalue weighted by Gasteiger charge is -2.38. The van der Waals surface area contributed by atoms with Crippen molar-refractivity contribution in [3.63, 3.8) is 0 Å². The van der Waals surface area contributed by atoms with Gasteiger partial charge in [0.2, 0.25) is 0 Å². The summed E-state index contributed by atoms with van der Waals surface area (Å²) in [6.45, 7) is 2.84. The summed E-state index contributed by atoms with van der Waals surface area (Å²) in [6.07, 6.45) is -6.95. The largest absolute Gasteiger partial charge is 0.491 e. The number of aliphatic hydroxyl groups excluding tert-OH is 4. The minimum Gasteiger partial charge on any atom is -0.491 e. The molecule has 134 valence electrons. The molecule has 2 aliphatic rings. The Bertz CT molecular complexity index is 542. The van der Waals surface area contributed by atoms with Crippen LogP contribution in [0.25, 0.3) is 0 Å². The molecule has 8 heteroatoms. The Hall–Kier alpha value is -1.26. The van der Waals surface area contributed by atoms with Crippen LogP contribution in [0.4, 0.5) is 0 Å². The fraction of sp³-hybridized carbons (Fsp3) is 0.625. The van der Waals surface area contributed by atoms with E-state index in [4.69, 9.17) is 18.9 Å². The number of rotatable bonds is 4. The summed E-state index contributed by atoms with van der Waals surface area (Å²) in [7, 11) is 0. The lowest BCUT2D eigenvalue weighted by Crippen LogP contribution is -2.58. The van der Waals surface area contributed by atoms with Gasteiger partial charge in [-0.3, -0.25) is 0 Å². The molecule has 1 aromatic carbocycles. The summed E-state index contributed by atoms with van der Waals surface area (Å²) in [5.74, 6) is -0.239. The highest BCUT2D eigenvalue weighted by Crippen LogP contribution is 2.31. The molecule has 8 nitrogen and oxygen atoms in total. The van der Waals surface area contributed by atoms with Gasteiger partial charge in [0.15, 0.2) is 12.1 Å². The van der Waals surface area contributed by atoms with Gasteiger partial charge in [-0.2, -0.15) is 0 Å². The average Bonchev–Trinajstić information content (AvgIpc) is 3.03. The van der Waals surface area contributed by atoms with E-state index in [2.05, 4.69) is 0 Å². The monoisotopic (exact) mass is 342 g/mol. The van der Waals surface area contributed by atoms with E-state index < -0.39 is 36.5 Å². The van der Waals surface area contributed by atoms with Crippen molar-refractivity contribution in [2.24, 2.45) is 0 Å². The van der Waals surface area contributed by atoms with Crippen LogP contribution >= 0.6 is 0 Å². The fourth-order valence-electron chi connectivity index (χ4n) is 2.78. The molecule has 0 aromatic heterocycles. The van der Waals surface area contributed by atoms with Crippen LogP contribution in [-0.4, -0.2) is 71.0 Å². The van der Waals surface area contributed by atoms with Crippen LogP contribution in [0.15, 0.2) is 24.3 Å². The third-order valence-corrected chi connectivity index (χ3v) is 4.32. The zero-order chi connectivity index (χ0) is 17.3. The Morgan fingerprint density at radius 1 is 1.00 bits per heavy atom. The molecule has 1 aromatic rings. The molecule has 0 spiro atoms. The molecule has 0 amide bonds. The van der Waals surface area contributed by atoms with Crippen molar-refractivity contribution >= 4 is 0 Å². The van der Waals surface area contributed by atoms with Gasteiger partial charge in [0.1, 0.15) is 36.8 Å². The average molecular weight is 342 g/mol. The van der Waals surface area contributed by atoms with Crippen LogP contribution in [0.3, 0.4) is 0 Å². The maximum Gasteiger partial charge on any atom is 0.192 e. The van der Waals surface area contributed by atoms with Gasteiger partial charge >= 0.3 is 0 Å². The normalized spacial score (nSPS) is 35.8. The number of ether oxygens (including phenoxy) is 4. The topological polar surface area (TPSA) is 118 Å². The van der Waals surface area contributed by atoms with Gasteiger partial charge in [0.25, 0.3) is 0 Å². The second kappa shape index (κ2) is 6.93. The van der Waals surface area contributed by atoms with E-state index in [1.807, 2.05) is 19.1 Å². The predicted octanol–water partition coefficient (Wildman–Crippen LogP) is -0.915. The first-order valence-corrected chi connectivity index (χ1v) is 7.80. The first kappa shape index (κ1) is 17.6. The quantitative estimate of drug-likeness (QED) is 0.555. The Balaban J connectivity index is 1.59. The molecule has 0 saturated carbocycles. The van der Waals surface area contributed by atoms with Gasteiger partial charge in [-0.15, -0.1) is 0 Å². The van der Waals surface area contributed by atoms with E-state index in [0.29, 0.717) is 19.0 Å². The van der Waals surface area contributed by atoms with Crippen molar-refractivity contribution < 1.29 is 39.4 Å². The number of benzene rings is 1. The second-order valence-electron chi connectivity index (χ2n) is 6.01. The molecule has 24 heavy (non-hydrogen) atoms. The van der Waals surface area contributed by atoms with Gasteiger partial charge < -0.3 is 39.4 Å². The zero-order valence-corrected chi connectivity index (χ0v) is 13.2. The third-order valence-electron chi connectivity index (χ3n) is 4.32. The Kier molecular flexibility index (Phi) is 5.07. The molecule has 0 unspecified atom stereocenters. The van der Waals surface area contributed by atoms with Crippen LogP contribution in [0.2, 0.25) is 0 Å². The van der Waals surface area contributed by atoms with Crippen LogP contribution in [0, 0.1) is 0 Å². The summed E-state index contributed by atoms with van der Waals surface area (Å²) in [5.41, 5.74) is 0.857. The molecular formula is C16H22O8. The van der Waals surface area contributed by atoms with Crippen molar-refractivity contribution in [1.82, 2.24) is 0 Å². The van der Waals surface area contributed by atoms with Gasteiger partial charge in [-0.25, -0.2) is 0 Å². The summed E-state index contributed by atoms with van der Waals surface area (Å²) in [5, 5.41) is 38.4. The highest BCUT2D eigenvalue weighted by Gasteiger charge is 2.43. The molecule has 0 aliphatic carbocycles. The molecule has 2 aliphatic heterocycles. The molecule has 2 saturated heterocycles. The second-order valence-corrected chi connectivity index (χ2v) is 6.01. The van der Waals surface area contributed by atoms with E-state index in [0.717, 1.165) is 5.56 Å². The highest BCUT2D eigenvalue weighted by molar-refractivity contribution is 5.30. The van der Waals surface area contributed by atoms with Gasteiger partial charge in [0.05, 0.1) is 13.2 Å². The Morgan fingerprint density at radius 2 is 1.62 bits per heavy atom. The highest BCUT2D eigenvalue weighted by atomic mass is 16.7. The molecule has 2 heterocycles. The van der Waals surface area contributed by atoms with Crippen molar-refractivity contribution in [3.8, 4) is 5.75 Å². The summed E-state index contributed by atoms with van der Waals surface area (Å²) in [6, 6.07) is 7.07. The molecular weight excluding hydrogens is 320 g/mol. The van der Waals surface area contributed by atoms with Crippen molar-refractivity contribution in [2.75, 3.05) is 19.8 Å². The molecule has 3 rings (SSSR count). The van der Waals surface area contributed by atoms with Crippen molar-refractivity contribution in [2.45, 2.75) is 43.4 Å². The summed E-state index contributed by atoms with van der Waals surface area (Å²) in [4.78, 5) is 0. The molecule has 4 N–H and O–H groups in total. The van der Waals surface area contributed by atoms with Gasteiger partial charge in [0, 0.05) is 5.56 Å². The predicted molar refractivity (Wildman–Crippen MR) is 80.1 cm³/mol. The zero-order valence-electron chi connectivity index (χ0n) is 13.2. The minimum atomic E-state index is -1.57. The summed E-state index contributed by atoms with van der Waals surface area (Å²) < 4.78 is 21.7. The molecule has 0 radical (unpaired) electrons. The van der Waals surface area contributed by atoms with E-state index in [9.17, 15) is 20.4 Å². The minimum absolute atomic E-state index is 0.0916. The maximum absolute atomic E-state index is 9.87. The first-order valence-electron chi connectivity index (χ1n) is 7.80. The van der Waals surface area contributed by atoms with Crippen LogP contribution < -0.4 is 4.74 Å². The van der Waals surface area contributed by atoms with E-state index in [-0.39, 0.29) is 6.61 Å². The Morgan fingerprint density at radius 3 is 2.25 bits per heavy atom. The molecule has 5 atom stereocenters. The first-order chi connectivity index (χ1) is 11.4. The van der Waals surface area contributed by atoms with E-state index >= 15 is 0 Å². The number of aliphatic hydroxyl groups is 4. The standard InChI is InChI=1S/C16H22O8/c1-16(22-6-7-23-16)9-2-4-10(5-3-9)21-8-11-12(17)13(18)14(19)15(20)24-11/h2-5,11-15,17-20H,6-8H2,1H3/t11-,12+,13+,14-,15+/m1/s1. The van der Waals surface area contributed by atoms with Crippen LogP contribution in [0.1, 0.15) is 12.5 Å². The van der Waals surface area contributed by atoms with Gasteiger partial charge in [-0.05, 0) is 31.2 Å². The Labute approximate surface area is 139 Å².